The van der Waals surface area contributed by atoms with Gasteiger partial charge in [0.2, 0.25) is 0 Å². The molecule has 1 atom stereocenters. The van der Waals surface area contributed by atoms with Crippen molar-refractivity contribution in [3.63, 3.8) is 0 Å². The van der Waals surface area contributed by atoms with Gasteiger partial charge in [-0.05, 0) is 25.7 Å². The van der Waals surface area contributed by atoms with Crippen LogP contribution in [0.1, 0.15) is 36.2 Å². The molecule has 3 heterocycles. The van der Waals surface area contributed by atoms with E-state index in [2.05, 4.69) is 20.5 Å². The van der Waals surface area contributed by atoms with Gasteiger partial charge in [0.25, 0.3) is 5.91 Å². The molecule has 1 N–H and O–H groups in total. The lowest BCUT2D eigenvalue weighted by molar-refractivity contribution is 0.0758. The van der Waals surface area contributed by atoms with E-state index in [0.29, 0.717) is 11.8 Å². The van der Waals surface area contributed by atoms with Crippen LogP contribution in [0.5, 0.6) is 0 Å². The highest BCUT2D eigenvalue weighted by Crippen LogP contribution is 2.17. The van der Waals surface area contributed by atoms with Gasteiger partial charge in [-0.3, -0.25) is 14.4 Å². The molecule has 0 aromatic carbocycles. The second-order valence-electron chi connectivity index (χ2n) is 6.96. The lowest BCUT2D eigenvalue weighted by Crippen LogP contribution is -2.44. The van der Waals surface area contributed by atoms with E-state index in [1.165, 1.54) is 0 Å². The number of nitrogens with zero attached hydrogens (tertiary/aromatic N) is 5. The van der Waals surface area contributed by atoms with Crippen molar-refractivity contribution in [2.75, 3.05) is 52.9 Å². The van der Waals surface area contributed by atoms with Gasteiger partial charge in [-0.15, -0.1) is 5.10 Å². The van der Waals surface area contributed by atoms with Gasteiger partial charge < -0.3 is 15.0 Å². The van der Waals surface area contributed by atoms with Crippen LogP contribution in [-0.4, -0.2) is 89.7 Å². The van der Waals surface area contributed by atoms with E-state index in [0.717, 1.165) is 78.1 Å². The summed E-state index contributed by atoms with van der Waals surface area (Å²) in [6, 6.07) is 0. The summed E-state index contributed by atoms with van der Waals surface area (Å²) in [6.45, 7) is 7.53. The number of hydrogen-bond acceptors (Lipinski definition) is 6. The zero-order valence-electron chi connectivity index (χ0n) is 15.2. The Labute approximate surface area is 149 Å². The molecule has 0 aliphatic carbocycles. The highest BCUT2D eigenvalue weighted by molar-refractivity contribution is 5.91. The van der Waals surface area contributed by atoms with E-state index in [1.807, 2.05) is 7.05 Å². The van der Waals surface area contributed by atoms with Crippen LogP contribution < -0.4 is 5.32 Å². The summed E-state index contributed by atoms with van der Waals surface area (Å²) >= 11 is 0. The van der Waals surface area contributed by atoms with Gasteiger partial charge in [0, 0.05) is 52.9 Å². The van der Waals surface area contributed by atoms with E-state index in [-0.39, 0.29) is 5.91 Å². The first-order chi connectivity index (χ1) is 12.2. The smallest absolute Gasteiger partial charge is 0.275 e. The molecule has 1 unspecified atom stereocenters. The molecule has 2 saturated heterocycles. The third-order valence-electron chi connectivity index (χ3n) is 5.00. The molecule has 0 spiro atoms. The quantitative estimate of drug-likeness (QED) is 0.723. The molecule has 25 heavy (non-hydrogen) atoms. The molecule has 2 fully saturated rings. The Balaban J connectivity index is 1.39. The number of ether oxygens (including phenoxy) is 1. The van der Waals surface area contributed by atoms with E-state index in [9.17, 15) is 4.79 Å². The SMILES string of the molecule is CN(CCCC1CCCO1)C(=O)c1cn(CCN2CCNCC2)nn1. The fourth-order valence-electron chi connectivity index (χ4n) is 3.41. The van der Waals surface area contributed by atoms with Gasteiger partial charge in [0.1, 0.15) is 0 Å². The van der Waals surface area contributed by atoms with Crippen molar-refractivity contribution in [2.45, 2.75) is 38.3 Å². The normalized spacial score (nSPS) is 21.6. The summed E-state index contributed by atoms with van der Waals surface area (Å²) in [5, 5.41) is 11.5. The highest BCUT2D eigenvalue weighted by atomic mass is 16.5. The maximum Gasteiger partial charge on any atom is 0.275 e. The van der Waals surface area contributed by atoms with Gasteiger partial charge in [-0.25, -0.2) is 0 Å². The molecular weight excluding hydrogens is 320 g/mol. The summed E-state index contributed by atoms with van der Waals surface area (Å²) in [7, 11) is 1.83. The average molecular weight is 350 g/mol. The Morgan fingerprint density at radius 1 is 1.40 bits per heavy atom. The van der Waals surface area contributed by atoms with Gasteiger partial charge >= 0.3 is 0 Å². The zero-order chi connectivity index (χ0) is 17.5. The van der Waals surface area contributed by atoms with Crippen LogP contribution in [0.25, 0.3) is 0 Å². The van der Waals surface area contributed by atoms with E-state index < -0.39 is 0 Å². The summed E-state index contributed by atoms with van der Waals surface area (Å²) < 4.78 is 7.40. The average Bonchev–Trinajstić information content (AvgIpc) is 3.32. The van der Waals surface area contributed by atoms with Crippen molar-refractivity contribution in [2.24, 2.45) is 0 Å². The first-order valence-electron chi connectivity index (χ1n) is 9.42. The van der Waals surface area contributed by atoms with Gasteiger partial charge in [-0.1, -0.05) is 5.21 Å². The summed E-state index contributed by atoms with van der Waals surface area (Å²) in [6.07, 6.45) is 6.45. The first-order valence-corrected chi connectivity index (χ1v) is 9.42. The van der Waals surface area contributed by atoms with E-state index >= 15 is 0 Å². The molecule has 1 aromatic rings. The molecule has 1 aromatic heterocycles. The van der Waals surface area contributed by atoms with Gasteiger partial charge in [0.15, 0.2) is 5.69 Å². The van der Waals surface area contributed by atoms with Crippen LogP contribution >= 0.6 is 0 Å². The Morgan fingerprint density at radius 3 is 3.00 bits per heavy atom. The van der Waals surface area contributed by atoms with Crippen molar-refractivity contribution in [1.29, 1.82) is 0 Å². The van der Waals surface area contributed by atoms with Crippen LogP contribution in [0.15, 0.2) is 6.20 Å². The second-order valence-corrected chi connectivity index (χ2v) is 6.96. The first kappa shape index (κ1) is 18.3. The number of rotatable bonds is 8. The fraction of sp³-hybridized carbons (Fsp3) is 0.824. The lowest BCUT2D eigenvalue weighted by Gasteiger charge is -2.26. The summed E-state index contributed by atoms with van der Waals surface area (Å²) in [5.41, 5.74) is 0.430. The lowest BCUT2D eigenvalue weighted by atomic mass is 10.1. The van der Waals surface area contributed by atoms with Crippen LogP contribution in [0, 0.1) is 0 Å². The predicted octanol–water partition coefficient (Wildman–Crippen LogP) is 0.215. The molecule has 3 rings (SSSR count). The topological polar surface area (TPSA) is 75.5 Å². The predicted molar refractivity (Wildman–Crippen MR) is 94.5 cm³/mol. The standard InChI is InChI=1S/C17H30N6O2/c1-21(8-2-4-15-5-3-13-25-15)17(24)16-14-23(20-19-16)12-11-22-9-6-18-7-10-22/h14-15,18H,2-13H2,1H3. The molecule has 2 aliphatic rings. The maximum atomic E-state index is 12.5. The van der Waals surface area contributed by atoms with Crippen molar-refractivity contribution in [3.05, 3.63) is 11.9 Å². The third kappa shape index (κ3) is 5.49. The molecular formula is C17H30N6O2. The van der Waals surface area contributed by atoms with Crippen molar-refractivity contribution in [3.8, 4) is 0 Å². The Hall–Kier alpha value is -1.51. The zero-order valence-corrected chi connectivity index (χ0v) is 15.2. The van der Waals surface area contributed by atoms with Crippen molar-refractivity contribution in [1.82, 2.24) is 30.1 Å². The Bertz CT molecular complexity index is 537. The largest absolute Gasteiger partial charge is 0.378 e. The van der Waals surface area contributed by atoms with Crippen LogP contribution in [0.4, 0.5) is 0 Å². The molecule has 8 nitrogen and oxygen atoms in total. The molecule has 0 radical (unpaired) electrons. The summed E-state index contributed by atoms with van der Waals surface area (Å²) in [5.74, 6) is -0.0548. The minimum atomic E-state index is -0.0548. The van der Waals surface area contributed by atoms with Crippen LogP contribution in [-0.2, 0) is 11.3 Å². The van der Waals surface area contributed by atoms with Crippen LogP contribution in [0.2, 0.25) is 0 Å². The molecule has 0 bridgehead atoms. The number of aromatic nitrogens is 3. The number of nitrogens with one attached hydrogen (secondary N) is 1. The van der Waals surface area contributed by atoms with Crippen LogP contribution in [0.3, 0.4) is 0 Å². The second kappa shape index (κ2) is 9.26. The number of amides is 1. The minimum Gasteiger partial charge on any atom is -0.378 e. The molecule has 0 saturated carbocycles. The number of carbonyl (C=O) groups excluding carboxylic acids is 1. The molecule has 2 aliphatic heterocycles. The number of hydrogen-bond donors (Lipinski definition) is 1. The van der Waals surface area contributed by atoms with Gasteiger partial charge in [0.05, 0.1) is 18.8 Å². The third-order valence-corrected chi connectivity index (χ3v) is 5.00. The van der Waals surface area contributed by atoms with E-state index in [1.54, 1.807) is 15.8 Å². The number of carbonyl (C=O) groups is 1. The minimum absolute atomic E-state index is 0.0548. The molecule has 1 amide bonds. The Morgan fingerprint density at radius 2 is 2.24 bits per heavy atom. The van der Waals surface area contributed by atoms with Crippen molar-refractivity contribution >= 4 is 5.91 Å². The van der Waals surface area contributed by atoms with E-state index in [4.69, 9.17) is 4.74 Å². The number of piperazine rings is 1. The molecule has 140 valence electrons. The monoisotopic (exact) mass is 350 g/mol. The Kier molecular flexibility index (Phi) is 6.77. The highest BCUT2D eigenvalue weighted by Gasteiger charge is 2.18. The fourth-order valence-corrected chi connectivity index (χ4v) is 3.41. The maximum absolute atomic E-state index is 12.5. The van der Waals surface area contributed by atoms with Crippen molar-refractivity contribution < 1.29 is 9.53 Å². The summed E-state index contributed by atoms with van der Waals surface area (Å²) in [4.78, 5) is 16.6. The van der Waals surface area contributed by atoms with Gasteiger partial charge in [-0.2, -0.15) is 0 Å². The molecule has 8 heteroatoms.